The number of nitrogens with zero attached hydrogens (tertiary/aromatic N) is 2. The number of nitrogens with one attached hydrogen (secondary N) is 1. The molecule has 0 aliphatic heterocycles. The van der Waals surface area contributed by atoms with Crippen LogP contribution in [0.25, 0.3) is 11.4 Å². The van der Waals surface area contributed by atoms with E-state index in [9.17, 15) is 14.4 Å². The molecule has 7 heteroatoms. The van der Waals surface area contributed by atoms with Gasteiger partial charge in [0.25, 0.3) is 5.56 Å². The first-order valence-electron chi connectivity index (χ1n) is 8.59. The maximum atomic E-state index is 12.5. The average Bonchev–Trinajstić information content (AvgIpc) is 2.64. The van der Waals surface area contributed by atoms with Crippen molar-refractivity contribution in [3.05, 3.63) is 81.2 Å². The second-order valence-electron chi connectivity index (χ2n) is 6.34. The maximum Gasteiger partial charge on any atom is 0.254 e. The minimum atomic E-state index is -0.406. The number of anilines is 1. The van der Waals surface area contributed by atoms with Gasteiger partial charge in [0.05, 0.1) is 0 Å². The van der Waals surface area contributed by atoms with Gasteiger partial charge in [-0.15, -0.1) is 0 Å². The topological polar surface area (TPSA) is 81.1 Å². The smallest absolute Gasteiger partial charge is 0.254 e. The Labute approximate surface area is 166 Å². The summed E-state index contributed by atoms with van der Waals surface area (Å²) in [6, 6.07) is 14.9. The van der Waals surface area contributed by atoms with Gasteiger partial charge in [0.2, 0.25) is 5.91 Å². The third-order valence-corrected chi connectivity index (χ3v) is 4.31. The van der Waals surface area contributed by atoms with Gasteiger partial charge in [-0.2, -0.15) is 0 Å². The van der Waals surface area contributed by atoms with E-state index in [0.717, 1.165) is 0 Å². The number of carbonyl (C=O) groups is 2. The number of ketones is 1. The number of halogens is 1. The third-order valence-electron chi connectivity index (χ3n) is 4.07. The van der Waals surface area contributed by atoms with E-state index in [0.29, 0.717) is 33.4 Å². The zero-order valence-corrected chi connectivity index (χ0v) is 16.2. The van der Waals surface area contributed by atoms with Gasteiger partial charge in [0, 0.05) is 33.6 Å². The van der Waals surface area contributed by atoms with Crippen molar-refractivity contribution >= 4 is 29.0 Å². The second kappa shape index (κ2) is 8.19. The fraction of sp³-hybridized carbons (Fsp3) is 0.143. The maximum absolute atomic E-state index is 12.5. The molecule has 0 bridgehead atoms. The van der Waals surface area contributed by atoms with Crippen LogP contribution in [0.3, 0.4) is 0 Å². The van der Waals surface area contributed by atoms with Crippen molar-refractivity contribution in [2.75, 3.05) is 5.32 Å². The molecule has 0 saturated heterocycles. The quantitative estimate of drug-likeness (QED) is 0.667. The van der Waals surface area contributed by atoms with Gasteiger partial charge in [-0.05, 0) is 38.1 Å². The van der Waals surface area contributed by atoms with Crippen molar-refractivity contribution in [3.8, 4) is 11.4 Å². The molecule has 0 aliphatic rings. The van der Waals surface area contributed by atoms with E-state index >= 15 is 0 Å². The van der Waals surface area contributed by atoms with Crippen LogP contribution >= 0.6 is 11.6 Å². The first-order valence-corrected chi connectivity index (χ1v) is 8.96. The molecular weight excluding hydrogens is 378 g/mol. The molecule has 142 valence electrons. The van der Waals surface area contributed by atoms with Crippen LogP contribution in [-0.2, 0) is 11.3 Å². The number of hydrogen-bond acceptors (Lipinski definition) is 4. The van der Waals surface area contributed by atoms with Gasteiger partial charge >= 0.3 is 0 Å². The van der Waals surface area contributed by atoms with Crippen LogP contribution < -0.4 is 10.9 Å². The van der Waals surface area contributed by atoms with Gasteiger partial charge in [-0.3, -0.25) is 19.0 Å². The van der Waals surface area contributed by atoms with Crippen molar-refractivity contribution < 1.29 is 9.59 Å². The van der Waals surface area contributed by atoms with Crippen LogP contribution in [0.2, 0.25) is 5.02 Å². The molecule has 0 fully saturated rings. The lowest BCUT2D eigenvalue weighted by atomic mass is 10.1. The van der Waals surface area contributed by atoms with Crippen LogP contribution in [0.1, 0.15) is 23.0 Å². The highest BCUT2D eigenvalue weighted by Gasteiger charge is 2.14. The van der Waals surface area contributed by atoms with Crippen molar-refractivity contribution in [1.82, 2.24) is 9.55 Å². The fourth-order valence-corrected chi connectivity index (χ4v) is 2.97. The Hall–Kier alpha value is -3.25. The number of hydrogen-bond donors (Lipinski definition) is 1. The van der Waals surface area contributed by atoms with E-state index in [1.807, 2.05) is 0 Å². The number of Topliss-reactive ketones (excluding diaryl/α,β-unsaturated/α-hetero) is 1. The Balaban J connectivity index is 1.92. The summed E-state index contributed by atoms with van der Waals surface area (Å²) in [6.07, 6.45) is 0. The molecule has 0 radical (unpaired) electrons. The highest BCUT2D eigenvalue weighted by molar-refractivity contribution is 6.30. The first-order chi connectivity index (χ1) is 13.3. The van der Waals surface area contributed by atoms with Crippen LogP contribution in [-0.4, -0.2) is 21.2 Å². The minimum Gasteiger partial charge on any atom is -0.325 e. The average molecular weight is 396 g/mol. The van der Waals surface area contributed by atoms with Gasteiger partial charge in [0.1, 0.15) is 12.4 Å². The predicted octanol–water partition coefficient (Wildman–Crippen LogP) is 3.71. The van der Waals surface area contributed by atoms with Crippen molar-refractivity contribution in [2.45, 2.75) is 20.4 Å². The monoisotopic (exact) mass is 395 g/mol. The van der Waals surface area contributed by atoms with Crippen LogP contribution in [0.4, 0.5) is 5.69 Å². The summed E-state index contributed by atoms with van der Waals surface area (Å²) < 4.78 is 1.29. The molecule has 28 heavy (non-hydrogen) atoms. The van der Waals surface area contributed by atoms with E-state index in [1.54, 1.807) is 55.5 Å². The van der Waals surface area contributed by atoms with E-state index in [2.05, 4.69) is 10.3 Å². The molecule has 1 amide bonds. The number of rotatable bonds is 5. The first kappa shape index (κ1) is 19.5. The normalized spacial score (nSPS) is 10.5. The largest absolute Gasteiger partial charge is 0.325 e. The molecular formula is C21H18ClN3O3. The standard InChI is InChI=1S/C21H18ClN3O3/c1-13-9-20(28)25(21(23-13)16-6-3-7-17(22)10-16)12-19(27)24-18-8-4-5-15(11-18)14(2)26/h3-11H,12H2,1-2H3,(H,24,27). The molecule has 0 atom stereocenters. The summed E-state index contributed by atoms with van der Waals surface area (Å²) in [7, 11) is 0. The van der Waals surface area contributed by atoms with E-state index < -0.39 is 5.91 Å². The Morgan fingerprint density at radius 3 is 2.57 bits per heavy atom. The summed E-state index contributed by atoms with van der Waals surface area (Å²) in [5, 5.41) is 3.22. The zero-order valence-electron chi connectivity index (χ0n) is 15.4. The summed E-state index contributed by atoms with van der Waals surface area (Å²) in [6.45, 7) is 2.95. The van der Waals surface area contributed by atoms with Gasteiger partial charge < -0.3 is 5.32 Å². The number of carbonyl (C=O) groups excluding carboxylic acids is 2. The number of aromatic nitrogens is 2. The summed E-state index contributed by atoms with van der Waals surface area (Å²) in [5.41, 5.74) is 1.82. The Kier molecular flexibility index (Phi) is 5.70. The molecule has 0 aliphatic carbocycles. The van der Waals surface area contributed by atoms with Crippen LogP contribution in [0, 0.1) is 6.92 Å². The van der Waals surface area contributed by atoms with Crippen molar-refractivity contribution in [1.29, 1.82) is 0 Å². The second-order valence-corrected chi connectivity index (χ2v) is 6.78. The SMILES string of the molecule is CC(=O)c1cccc(NC(=O)Cn2c(-c3cccc(Cl)c3)nc(C)cc2=O)c1. The Morgan fingerprint density at radius 2 is 1.86 bits per heavy atom. The molecule has 2 aromatic carbocycles. The molecule has 0 spiro atoms. The lowest BCUT2D eigenvalue weighted by Gasteiger charge is -2.13. The molecule has 0 saturated carbocycles. The third kappa shape index (κ3) is 4.53. The highest BCUT2D eigenvalue weighted by atomic mass is 35.5. The highest BCUT2D eigenvalue weighted by Crippen LogP contribution is 2.20. The van der Waals surface area contributed by atoms with Gasteiger partial charge in [-0.25, -0.2) is 4.98 Å². The van der Waals surface area contributed by atoms with Gasteiger partial charge in [-0.1, -0.05) is 35.9 Å². The molecule has 1 aromatic heterocycles. The summed E-state index contributed by atoms with van der Waals surface area (Å²) in [4.78, 5) is 41.0. The van der Waals surface area contributed by atoms with E-state index in [4.69, 9.17) is 11.6 Å². The van der Waals surface area contributed by atoms with Crippen molar-refractivity contribution in [3.63, 3.8) is 0 Å². The van der Waals surface area contributed by atoms with Gasteiger partial charge in [0.15, 0.2) is 5.78 Å². The van der Waals surface area contributed by atoms with E-state index in [1.165, 1.54) is 17.6 Å². The molecule has 0 unspecified atom stereocenters. The lowest BCUT2D eigenvalue weighted by Crippen LogP contribution is -2.29. The number of benzene rings is 2. The molecule has 3 rings (SSSR count). The molecule has 1 heterocycles. The summed E-state index contributed by atoms with van der Waals surface area (Å²) >= 11 is 6.06. The Morgan fingerprint density at radius 1 is 1.11 bits per heavy atom. The molecule has 3 aromatic rings. The van der Waals surface area contributed by atoms with Crippen LogP contribution in [0.15, 0.2) is 59.4 Å². The Bertz CT molecular complexity index is 1120. The van der Waals surface area contributed by atoms with Crippen LogP contribution in [0.5, 0.6) is 0 Å². The minimum absolute atomic E-state index is 0.0988. The predicted molar refractivity (Wildman–Crippen MR) is 109 cm³/mol. The number of aryl methyl sites for hydroxylation is 1. The molecule has 6 nitrogen and oxygen atoms in total. The van der Waals surface area contributed by atoms with E-state index in [-0.39, 0.29) is 17.9 Å². The number of amides is 1. The lowest BCUT2D eigenvalue weighted by molar-refractivity contribution is -0.116. The zero-order chi connectivity index (χ0) is 20.3. The fourth-order valence-electron chi connectivity index (χ4n) is 2.78. The molecule has 1 N–H and O–H groups in total. The summed E-state index contributed by atoms with van der Waals surface area (Å²) in [5.74, 6) is -0.143. The van der Waals surface area contributed by atoms with Crippen molar-refractivity contribution in [2.24, 2.45) is 0 Å².